The van der Waals surface area contributed by atoms with Crippen LogP contribution < -0.4 is 5.73 Å². The van der Waals surface area contributed by atoms with Crippen LogP contribution in [0.5, 0.6) is 0 Å². The normalized spacial score (nSPS) is 14.8. The Hall–Kier alpha value is -1.05. The molecule has 5 nitrogen and oxygen atoms in total. The number of rotatable bonds is 7. The number of nitrogens with two attached hydrogens (primary N) is 1. The van der Waals surface area contributed by atoms with Gasteiger partial charge in [0.1, 0.15) is 5.84 Å². The number of aliphatic hydroxyl groups is 1. The van der Waals surface area contributed by atoms with Crippen LogP contribution in [0.1, 0.15) is 19.4 Å². The first kappa shape index (κ1) is 17.0. The maximum absolute atomic E-state index is 12.1. The van der Waals surface area contributed by atoms with Crippen LogP contribution in [0.25, 0.3) is 0 Å². The molecule has 0 radical (unpaired) electrons. The van der Waals surface area contributed by atoms with E-state index in [4.69, 9.17) is 11.1 Å². The van der Waals surface area contributed by atoms with E-state index in [9.17, 15) is 13.5 Å². The van der Waals surface area contributed by atoms with Crippen LogP contribution in [0.4, 0.5) is 0 Å². The third-order valence-corrected chi connectivity index (χ3v) is 6.29. The van der Waals surface area contributed by atoms with Crippen LogP contribution in [0.2, 0.25) is 0 Å². The highest BCUT2D eigenvalue weighted by Crippen LogP contribution is 2.18. The van der Waals surface area contributed by atoms with Gasteiger partial charge in [-0.2, -0.15) is 11.8 Å². The molecule has 0 saturated heterocycles. The van der Waals surface area contributed by atoms with E-state index in [-0.39, 0.29) is 21.7 Å². The summed E-state index contributed by atoms with van der Waals surface area (Å²) in [5.41, 5.74) is 5.82. The first-order chi connectivity index (χ1) is 9.24. The van der Waals surface area contributed by atoms with Crippen LogP contribution in [-0.2, 0) is 9.84 Å². The monoisotopic (exact) mass is 316 g/mol. The lowest BCUT2D eigenvalue weighted by Crippen LogP contribution is -2.18. The van der Waals surface area contributed by atoms with Crippen molar-refractivity contribution in [2.45, 2.75) is 30.1 Å². The highest BCUT2D eigenvalue weighted by Gasteiger charge is 2.16. The second-order valence-corrected chi connectivity index (χ2v) is 8.17. The van der Waals surface area contributed by atoms with E-state index < -0.39 is 15.9 Å². The summed E-state index contributed by atoms with van der Waals surface area (Å²) < 4.78 is 24.2. The number of amidine groups is 1. The fourth-order valence-electron chi connectivity index (χ4n) is 1.44. The van der Waals surface area contributed by atoms with Crippen LogP contribution in [-0.4, -0.2) is 42.2 Å². The molecule has 0 amide bonds. The van der Waals surface area contributed by atoms with Crippen molar-refractivity contribution < 1.29 is 13.5 Å². The Labute approximate surface area is 124 Å². The predicted molar refractivity (Wildman–Crippen MR) is 83.1 cm³/mol. The Morgan fingerprint density at radius 3 is 2.35 bits per heavy atom. The van der Waals surface area contributed by atoms with Gasteiger partial charge in [-0.15, -0.1) is 0 Å². The number of nitrogens with one attached hydrogen (secondary N) is 1. The number of hydrogen-bond acceptors (Lipinski definition) is 5. The molecule has 4 N–H and O–H groups in total. The van der Waals surface area contributed by atoms with Crippen LogP contribution >= 0.6 is 11.8 Å². The van der Waals surface area contributed by atoms with Crippen molar-refractivity contribution in [3.8, 4) is 0 Å². The summed E-state index contributed by atoms with van der Waals surface area (Å²) in [6, 6.07) is 5.99. The van der Waals surface area contributed by atoms with Gasteiger partial charge in [-0.05, 0) is 19.1 Å². The average Bonchev–Trinajstić information content (AvgIpc) is 2.38. The smallest absolute Gasteiger partial charge is 0.179 e. The van der Waals surface area contributed by atoms with Gasteiger partial charge in [-0.25, -0.2) is 8.42 Å². The number of benzene rings is 1. The van der Waals surface area contributed by atoms with E-state index in [1.54, 1.807) is 6.92 Å². The summed E-state index contributed by atoms with van der Waals surface area (Å²) in [6.45, 7) is 3.55. The van der Waals surface area contributed by atoms with Gasteiger partial charge in [0, 0.05) is 16.6 Å². The van der Waals surface area contributed by atoms with Crippen molar-refractivity contribution in [2.24, 2.45) is 5.73 Å². The Morgan fingerprint density at radius 2 is 1.90 bits per heavy atom. The summed E-state index contributed by atoms with van der Waals surface area (Å²) in [5.74, 6) is 0.368. The van der Waals surface area contributed by atoms with Crippen molar-refractivity contribution >= 4 is 27.4 Å². The Kier molecular flexibility index (Phi) is 6.04. The summed E-state index contributed by atoms with van der Waals surface area (Å²) in [6.07, 6.45) is -0.461. The Bertz CT molecular complexity index is 553. The summed E-state index contributed by atoms with van der Waals surface area (Å²) in [7, 11) is -3.34. The molecule has 0 spiro atoms. The zero-order valence-electron chi connectivity index (χ0n) is 11.5. The Morgan fingerprint density at radius 1 is 1.35 bits per heavy atom. The second kappa shape index (κ2) is 7.10. The van der Waals surface area contributed by atoms with E-state index in [2.05, 4.69) is 0 Å². The maximum Gasteiger partial charge on any atom is 0.179 e. The molecule has 2 unspecified atom stereocenters. The molecule has 0 bridgehead atoms. The van der Waals surface area contributed by atoms with E-state index in [0.29, 0.717) is 11.3 Å². The topological polar surface area (TPSA) is 104 Å². The van der Waals surface area contributed by atoms with Gasteiger partial charge in [0.15, 0.2) is 9.84 Å². The minimum atomic E-state index is -3.34. The van der Waals surface area contributed by atoms with Crippen molar-refractivity contribution in [3.05, 3.63) is 29.8 Å². The minimum absolute atomic E-state index is 0.00490. The van der Waals surface area contributed by atoms with Gasteiger partial charge in [0.05, 0.1) is 16.8 Å². The molecular weight excluding hydrogens is 296 g/mol. The molecule has 0 aromatic heterocycles. The highest BCUT2D eigenvalue weighted by molar-refractivity contribution is 8.01. The fourth-order valence-corrected chi connectivity index (χ4v) is 4.14. The zero-order valence-corrected chi connectivity index (χ0v) is 13.2. The quantitative estimate of drug-likeness (QED) is 0.519. The molecule has 0 heterocycles. The summed E-state index contributed by atoms with van der Waals surface area (Å²) >= 11 is 1.43. The van der Waals surface area contributed by atoms with E-state index in [1.165, 1.54) is 36.0 Å². The molecule has 0 aliphatic carbocycles. The van der Waals surface area contributed by atoms with Gasteiger partial charge >= 0.3 is 0 Å². The largest absolute Gasteiger partial charge is 0.392 e. The molecule has 1 aromatic rings. The number of nitrogen functional groups attached to an aromatic ring is 1. The zero-order chi connectivity index (χ0) is 15.3. The minimum Gasteiger partial charge on any atom is -0.392 e. The molecule has 20 heavy (non-hydrogen) atoms. The lowest BCUT2D eigenvalue weighted by Gasteiger charge is -2.13. The molecule has 7 heteroatoms. The molecule has 0 aliphatic heterocycles. The van der Waals surface area contributed by atoms with Gasteiger partial charge in [0.25, 0.3) is 0 Å². The van der Waals surface area contributed by atoms with Gasteiger partial charge < -0.3 is 10.8 Å². The number of hydrogen-bond donors (Lipinski definition) is 3. The molecule has 0 saturated carbocycles. The average molecular weight is 316 g/mol. The van der Waals surface area contributed by atoms with Gasteiger partial charge in [-0.3, -0.25) is 5.41 Å². The molecule has 112 valence electrons. The van der Waals surface area contributed by atoms with Crippen LogP contribution in [0, 0.1) is 5.41 Å². The number of thioether (sulfide) groups is 1. The van der Waals surface area contributed by atoms with Crippen molar-refractivity contribution in [1.82, 2.24) is 0 Å². The third-order valence-electron chi connectivity index (χ3n) is 2.94. The maximum atomic E-state index is 12.1. The molecule has 0 aliphatic rings. The van der Waals surface area contributed by atoms with Crippen LogP contribution in [0.15, 0.2) is 29.2 Å². The van der Waals surface area contributed by atoms with Crippen molar-refractivity contribution in [3.63, 3.8) is 0 Å². The fraction of sp³-hybridized carbons (Fsp3) is 0.462. The third kappa shape index (κ3) is 4.81. The van der Waals surface area contributed by atoms with Crippen LogP contribution in [0.3, 0.4) is 0 Å². The first-order valence-corrected chi connectivity index (χ1v) is 8.91. The van der Waals surface area contributed by atoms with Crippen molar-refractivity contribution in [2.75, 3.05) is 11.5 Å². The predicted octanol–water partition coefficient (Wildman–Crippen LogP) is 1.25. The molecule has 0 fully saturated rings. The standard InChI is InChI=1S/C13H20N2O3S2/c1-9(16)10(2)19-7-8-20(17,18)12-5-3-11(4-6-12)13(14)15/h3-6,9-10,16H,7-8H2,1-2H3,(H3,14,15). The lowest BCUT2D eigenvalue weighted by molar-refractivity contribution is 0.196. The van der Waals surface area contributed by atoms with Crippen molar-refractivity contribution in [1.29, 1.82) is 5.41 Å². The molecular formula is C13H20N2O3S2. The molecule has 1 aromatic carbocycles. The molecule has 2 atom stereocenters. The SMILES string of the molecule is CC(O)C(C)SCCS(=O)(=O)c1ccc(C(=N)N)cc1. The number of aliphatic hydroxyl groups excluding tert-OH is 1. The number of sulfone groups is 1. The van der Waals surface area contributed by atoms with Gasteiger partial charge in [0.2, 0.25) is 0 Å². The lowest BCUT2D eigenvalue weighted by atomic mass is 10.2. The van der Waals surface area contributed by atoms with Gasteiger partial charge in [-0.1, -0.05) is 19.1 Å². The Balaban J connectivity index is 2.67. The molecule has 1 rings (SSSR count). The first-order valence-electron chi connectivity index (χ1n) is 6.21. The highest BCUT2D eigenvalue weighted by atomic mass is 32.2. The van der Waals surface area contributed by atoms with E-state index >= 15 is 0 Å². The summed E-state index contributed by atoms with van der Waals surface area (Å²) in [4.78, 5) is 0.229. The van der Waals surface area contributed by atoms with E-state index in [1.807, 2.05) is 6.92 Å². The second-order valence-electron chi connectivity index (χ2n) is 4.57. The summed E-state index contributed by atoms with van der Waals surface area (Å²) in [5, 5.41) is 16.6. The van der Waals surface area contributed by atoms with E-state index in [0.717, 1.165) is 0 Å².